The van der Waals surface area contributed by atoms with E-state index in [9.17, 15) is 0 Å². The molecule has 0 saturated carbocycles. The van der Waals surface area contributed by atoms with Crippen molar-refractivity contribution < 1.29 is 0 Å². The van der Waals surface area contributed by atoms with E-state index >= 15 is 0 Å². The molecule has 0 unspecified atom stereocenters. The SMILES string of the molecule is CCCn1cncc1CN[C@@H](C)c1ccccc1C. The van der Waals surface area contributed by atoms with Crippen LogP contribution in [0.5, 0.6) is 0 Å². The Balaban J connectivity index is 1.98. The van der Waals surface area contributed by atoms with E-state index < -0.39 is 0 Å². The zero-order valence-electron chi connectivity index (χ0n) is 12.1. The normalized spacial score (nSPS) is 12.6. The summed E-state index contributed by atoms with van der Waals surface area (Å²) in [5.74, 6) is 0. The Bertz CT molecular complexity index is 516. The first kappa shape index (κ1) is 13.8. The van der Waals surface area contributed by atoms with Gasteiger partial charge in [0.15, 0.2) is 0 Å². The molecular weight excluding hydrogens is 234 g/mol. The van der Waals surface area contributed by atoms with Gasteiger partial charge in [-0.3, -0.25) is 0 Å². The van der Waals surface area contributed by atoms with E-state index in [1.807, 2.05) is 12.5 Å². The van der Waals surface area contributed by atoms with Crippen molar-refractivity contribution in [1.82, 2.24) is 14.9 Å². The first-order chi connectivity index (χ1) is 9.22. The lowest BCUT2D eigenvalue weighted by Gasteiger charge is -2.17. The first-order valence-corrected chi connectivity index (χ1v) is 7.00. The van der Waals surface area contributed by atoms with Gasteiger partial charge in [-0.1, -0.05) is 31.2 Å². The molecule has 3 heteroatoms. The molecule has 0 amide bonds. The van der Waals surface area contributed by atoms with Gasteiger partial charge in [0.1, 0.15) is 0 Å². The largest absolute Gasteiger partial charge is 0.333 e. The third kappa shape index (κ3) is 3.44. The van der Waals surface area contributed by atoms with Gasteiger partial charge in [0, 0.05) is 25.3 Å². The van der Waals surface area contributed by atoms with Gasteiger partial charge < -0.3 is 9.88 Å². The minimum absolute atomic E-state index is 0.353. The zero-order chi connectivity index (χ0) is 13.7. The molecule has 1 aromatic heterocycles. The molecule has 3 nitrogen and oxygen atoms in total. The number of rotatable bonds is 6. The van der Waals surface area contributed by atoms with Crippen LogP contribution in [0.2, 0.25) is 0 Å². The molecule has 2 rings (SSSR count). The van der Waals surface area contributed by atoms with E-state index in [-0.39, 0.29) is 0 Å². The highest BCUT2D eigenvalue weighted by Gasteiger charge is 2.08. The van der Waals surface area contributed by atoms with Crippen molar-refractivity contribution in [3.8, 4) is 0 Å². The van der Waals surface area contributed by atoms with Crippen molar-refractivity contribution in [3.05, 3.63) is 53.6 Å². The standard InChI is InChI=1S/C16H23N3/c1-4-9-19-12-17-10-15(19)11-18-14(3)16-8-6-5-7-13(16)2/h5-8,10,12,14,18H,4,9,11H2,1-3H3/t14-/m0/s1. The molecule has 1 atom stereocenters. The van der Waals surface area contributed by atoms with Gasteiger partial charge in [0.25, 0.3) is 0 Å². The minimum atomic E-state index is 0.353. The Morgan fingerprint density at radius 3 is 2.84 bits per heavy atom. The van der Waals surface area contributed by atoms with Gasteiger partial charge in [0.2, 0.25) is 0 Å². The molecule has 102 valence electrons. The minimum Gasteiger partial charge on any atom is -0.333 e. The molecule has 0 radical (unpaired) electrons. The average molecular weight is 257 g/mol. The lowest BCUT2D eigenvalue weighted by Crippen LogP contribution is -2.20. The Hall–Kier alpha value is -1.61. The fourth-order valence-corrected chi connectivity index (χ4v) is 2.38. The summed E-state index contributed by atoms with van der Waals surface area (Å²) in [6.45, 7) is 8.45. The van der Waals surface area contributed by atoms with Crippen molar-refractivity contribution in [2.75, 3.05) is 0 Å². The van der Waals surface area contributed by atoms with Crippen LogP contribution in [-0.2, 0) is 13.1 Å². The molecule has 0 spiro atoms. The van der Waals surface area contributed by atoms with Crippen LogP contribution >= 0.6 is 0 Å². The second-order valence-corrected chi connectivity index (χ2v) is 5.04. The molecule has 0 saturated heterocycles. The van der Waals surface area contributed by atoms with Crippen LogP contribution < -0.4 is 5.32 Å². The summed E-state index contributed by atoms with van der Waals surface area (Å²) in [5.41, 5.74) is 3.95. The number of aryl methyl sites for hydroxylation is 2. The van der Waals surface area contributed by atoms with E-state index in [0.29, 0.717) is 6.04 Å². The smallest absolute Gasteiger partial charge is 0.0948 e. The molecule has 0 bridgehead atoms. The van der Waals surface area contributed by atoms with Gasteiger partial charge in [0.05, 0.1) is 12.0 Å². The van der Waals surface area contributed by atoms with E-state index in [0.717, 1.165) is 19.5 Å². The van der Waals surface area contributed by atoms with E-state index in [2.05, 4.69) is 59.9 Å². The number of aromatic nitrogens is 2. The summed E-state index contributed by atoms with van der Waals surface area (Å²) in [4.78, 5) is 4.23. The Morgan fingerprint density at radius 2 is 2.11 bits per heavy atom. The van der Waals surface area contributed by atoms with E-state index in [1.165, 1.54) is 16.8 Å². The maximum Gasteiger partial charge on any atom is 0.0948 e. The van der Waals surface area contributed by atoms with Crippen molar-refractivity contribution in [2.45, 2.75) is 46.3 Å². The van der Waals surface area contributed by atoms with Gasteiger partial charge in [-0.2, -0.15) is 0 Å². The maximum absolute atomic E-state index is 4.23. The van der Waals surface area contributed by atoms with Gasteiger partial charge in [-0.15, -0.1) is 0 Å². The molecule has 19 heavy (non-hydrogen) atoms. The third-order valence-electron chi connectivity index (χ3n) is 3.51. The topological polar surface area (TPSA) is 29.9 Å². The van der Waals surface area contributed by atoms with Gasteiger partial charge in [-0.25, -0.2) is 4.98 Å². The van der Waals surface area contributed by atoms with Crippen LogP contribution in [0.15, 0.2) is 36.8 Å². The summed E-state index contributed by atoms with van der Waals surface area (Å²) < 4.78 is 2.22. The quantitative estimate of drug-likeness (QED) is 0.859. The number of hydrogen-bond acceptors (Lipinski definition) is 2. The molecule has 2 aromatic rings. The summed E-state index contributed by atoms with van der Waals surface area (Å²) in [7, 11) is 0. The molecule has 0 aliphatic carbocycles. The first-order valence-electron chi connectivity index (χ1n) is 7.00. The number of imidazole rings is 1. The van der Waals surface area contributed by atoms with E-state index in [4.69, 9.17) is 0 Å². The summed E-state index contributed by atoms with van der Waals surface area (Å²) >= 11 is 0. The number of hydrogen-bond donors (Lipinski definition) is 1. The fraction of sp³-hybridized carbons (Fsp3) is 0.438. The summed E-state index contributed by atoms with van der Waals surface area (Å²) in [5, 5.41) is 3.58. The molecular formula is C16H23N3. The van der Waals surface area contributed by atoms with Gasteiger partial charge in [-0.05, 0) is 31.4 Å². The zero-order valence-corrected chi connectivity index (χ0v) is 12.1. The van der Waals surface area contributed by atoms with Crippen molar-refractivity contribution in [3.63, 3.8) is 0 Å². The Kier molecular flexibility index (Phi) is 4.74. The highest BCUT2D eigenvalue weighted by Crippen LogP contribution is 2.17. The van der Waals surface area contributed by atoms with E-state index in [1.54, 1.807) is 0 Å². The third-order valence-corrected chi connectivity index (χ3v) is 3.51. The van der Waals surface area contributed by atoms with Gasteiger partial charge >= 0.3 is 0 Å². The lowest BCUT2D eigenvalue weighted by atomic mass is 10.0. The second kappa shape index (κ2) is 6.53. The molecule has 0 aliphatic heterocycles. The van der Waals surface area contributed by atoms with Crippen LogP contribution in [-0.4, -0.2) is 9.55 Å². The predicted molar refractivity (Wildman–Crippen MR) is 79.0 cm³/mol. The molecule has 1 N–H and O–H groups in total. The number of nitrogens with zero attached hydrogens (tertiary/aromatic N) is 2. The monoisotopic (exact) mass is 257 g/mol. The number of nitrogens with one attached hydrogen (secondary N) is 1. The summed E-state index contributed by atoms with van der Waals surface area (Å²) in [6.07, 6.45) is 5.00. The van der Waals surface area contributed by atoms with Crippen LogP contribution in [0.25, 0.3) is 0 Å². The van der Waals surface area contributed by atoms with Crippen LogP contribution in [0.4, 0.5) is 0 Å². The van der Waals surface area contributed by atoms with Crippen molar-refractivity contribution >= 4 is 0 Å². The maximum atomic E-state index is 4.23. The number of benzene rings is 1. The summed E-state index contributed by atoms with van der Waals surface area (Å²) in [6, 6.07) is 8.89. The molecule has 1 heterocycles. The van der Waals surface area contributed by atoms with Crippen LogP contribution in [0, 0.1) is 6.92 Å². The van der Waals surface area contributed by atoms with Crippen molar-refractivity contribution in [1.29, 1.82) is 0 Å². The average Bonchev–Trinajstić information content (AvgIpc) is 2.84. The van der Waals surface area contributed by atoms with Crippen LogP contribution in [0.1, 0.15) is 43.1 Å². The van der Waals surface area contributed by atoms with Crippen LogP contribution in [0.3, 0.4) is 0 Å². The molecule has 0 fully saturated rings. The van der Waals surface area contributed by atoms with Crippen molar-refractivity contribution in [2.24, 2.45) is 0 Å². The lowest BCUT2D eigenvalue weighted by molar-refractivity contribution is 0.540. The predicted octanol–water partition coefficient (Wildman–Crippen LogP) is 3.45. The molecule has 0 aliphatic rings. The Labute approximate surface area is 115 Å². The highest BCUT2D eigenvalue weighted by atomic mass is 15.1. The highest BCUT2D eigenvalue weighted by molar-refractivity contribution is 5.28. The Morgan fingerprint density at radius 1 is 1.32 bits per heavy atom. The molecule has 1 aromatic carbocycles. The fourth-order valence-electron chi connectivity index (χ4n) is 2.38. The second-order valence-electron chi connectivity index (χ2n) is 5.04.